The third-order valence-corrected chi connectivity index (χ3v) is 3.65. The molecule has 4 heterocycles. The van der Waals surface area contributed by atoms with E-state index >= 15 is 0 Å². The minimum absolute atomic E-state index is 0.894. The lowest BCUT2D eigenvalue weighted by Crippen LogP contribution is -2.23. The van der Waals surface area contributed by atoms with Crippen LogP contribution < -0.4 is 5.32 Å². The van der Waals surface area contributed by atoms with Gasteiger partial charge in [0, 0.05) is 37.2 Å². The van der Waals surface area contributed by atoms with Gasteiger partial charge in [-0.25, -0.2) is 0 Å². The molecule has 2 aliphatic heterocycles. The quantitative estimate of drug-likeness (QED) is 0.737. The monoisotopic (exact) mass is 230 g/mol. The SMILES string of the molecule is c1noc2c1CCCn1nc3c(c1-2)CNCC3. The topological polar surface area (TPSA) is 55.9 Å². The highest BCUT2D eigenvalue weighted by molar-refractivity contribution is 5.63. The second-order valence-corrected chi connectivity index (χ2v) is 4.71. The molecule has 5 heteroatoms. The first-order valence-corrected chi connectivity index (χ1v) is 6.16. The van der Waals surface area contributed by atoms with Gasteiger partial charge in [0.1, 0.15) is 5.69 Å². The van der Waals surface area contributed by atoms with Crippen molar-refractivity contribution in [2.75, 3.05) is 6.54 Å². The van der Waals surface area contributed by atoms with Crippen LogP contribution in [0.4, 0.5) is 0 Å². The van der Waals surface area contributed by atoms with Crippen molar-refractivity contribution in [3.05, 3.63) is 23.0 Å². The number of aryl methyl sites for hydroxylation is 2. The molecule has 5 nitrogen and oxygen atoms in total. The lowest BCUT2D eigenvalue weighted by Gasteiger charge is -2.11. The third-order valence-electron chi connectivity index (χ3n) is 3.65. The van der Waals surface area contributed by atoms with Crippen molar-refractivity contribution in [2.45, 2.75) is 32.4 Å². The predicted octanol–water partition coefficient (Wildman–Crippen LogP) is 1.13. The Labute approximate surface area is 98.8 Å². The zero-order chi connectivity index (χ0) is 11.2. The summed E-state index contributed by atoms with van der Waals surface area (Å²) in [5.74, 6) is 0.931. The molecule has 0 saturated heterocycles. The summed E-state index contributed by atoms with van der Waals surface area (Å²) in [5, 5.41) is 12.1. The average Bonchev–Trinajstić information content (AvgIpc) is 2.90. The zero-order valence-electron chi connectivity index (χ0n) is 9.57. The van der Waals surface area contributed by atoms with E-state index in [0.717, 1.165) is 50.4 Å². The molecule has 0 aromatic carbocycles. The normalized spacial score (nSPS) is 18.1. The fourth-order valence-corrected chi connectivity index (χ4v) is 2.82. The van der Waals surface area contributed by atoms with Gasteiger partial charge in [0.15, 0.2) is 5.76 Å². The lowest BCUT2D eigenvalue weighted by molar-refractivity contribution is 0.427. The fraction of sp³-hybridized carbons (Fsp3) is 0.500. The first-order chi connectivity index (χ1) is 8.43. The molecule has 1 N–H and O–H groups in total. The number of fused-ring (bicyclic) bond motifs is 5. The molecule has 0 aliphatic carbocycles. The van der Waals surface area contributed by atoms with Crippen LogP contribution in [0, 0.1) is 0 Å². The number of nitrogens with zero attached hydrogens (tertiary/aromatic N) is 3. The molecule has 0 spiro atoms. The largest absolute Gasteiger partial charge is 0.354 e. The minimum atomic E-state index is 0.894. The second kappa shape index (κ2) is 3.43. The van der Waals surface area contributed by atoms with Gasteiger partial charge < -0.3 is 9.84 Å². The van der Waals surface area contributed by atoms with E-state index in [1.54, 1.807) is 0 Å². The van der Waals surface area contributed by atoms with Crippen molar-refractivity contribution in [1.82, 2.24) is 20.3 Å². The van der Waals surface area contributed by atoms with Crippen LogP contribution in [0.15, 0.2) is 10.7 Å². The molecule has 0 bridgehead atoms. The summed E-state index contributed by atoms with van der Waals surface area (Å²) in [7, 11) is 0. The van der Waals surface area contributed by atoms with Gasteiger partial charge in [-0.3, -0.25) is 4.68 Å². The molecule has 2 aliphatic rings. The Morgan fingerprint density at radius 1 is 1.35 bits per heavy atom. The zero-order valence-corrected chi connectivity index (χ0v) is 9.57. The van der Waals surface area contributed by atoms with E-state index in [4.69, 9.17) is 9.62 Å². The van der Waals surface area contributed by atoms with Crippen LogP contribution >= 0.6 is 0 Å². The first-order valence-electron chi connectivity index (χ1n) is 6.16. The van der Waals surface area contributed by atoms with Gasteiger partial charge in [-0.1, -0.05) is 5.16 Å². The maximum Gasteiger partial charge on any atom is 0.188 e. The summed E-state index contributed by atoms with van der Waals surface area (Å²) in [6, 6.07) is 0. The molecule has 0 unspecified atom stereocenters. The van der Waals surface area contributed by atoms with Gasteiger partial charge in [0.2, 0.25) is 0 Å². The lowest BCUT2D eigenvalue weighted by atomic mass is 10.0. The highest BCUT2D eigenvalue weighted by Gasteiger charge is 2.27. The van der Waals surface area contributed by atoms with E-state index in [1.165, 1.54) is 16.8 Å². The molecule has 0 atom stereocenters. The summed E-state index contributed by atoms with van der Waals surface area (Å²) < 4.78 is 7.55. The molecule has 4 rings (SSSR count). The Kier molecular flexibility index (Phi) is 1.90. The molecular formula is C12H14N4O. The molecular weight excluding hydrogens is 216 g/mol. The predicted molar refractivity (Wildman–Crippen MR) is 61.5 cm³/mol. The number of nitrogens with one attached hydrogen (secondary N) is 1. The average molecular weight is 230 g/mol. The maximum absolute atomic E-state index is 5.45. The van der Waals surface area contributed by atoms with Crippen LogP contribution in [0.2, 0.25) is 0 Å². The van der Waals surface area contributed by atoms with E-state index in [1.807, 2.05) is 6.20 Å². The van der Waals surface area contributed by atoms with Gasteiger partial charge in [0.25, 0.3) is 0 Å². The number of hydrogen-bond acceptors (Lipinski definition) is 4. The Morgan fingerprint density at radius 3 is 3.35 bits per heavy atom. The van der Waals surface area contributed by atoms with Crippen molar-refractivity contribution in [2.24, 2.45) is 0 Å². The van der Waals surface area contributed by atoms with Crippen LogP contribution in [-0.2, 0) is 25.9 Å². The summed E-state index contributed by atoms with van der Waals surface area (Å²) >= 11 is 0. The summed E-state index contributed by atoms with van der Waals surface area (Å²) in [4.78, 5) is 0. The highest BCUT2D eigenvalue weighted by Crippen LogP contribution is 2.33. The number of aromatic nitrogens is 3. The van der Waals surface area contributed by atoms with Crippen LogP contribution in [0.25, 0.3) is 11.5 Å². The Morgan fingerprint density at radius 2 is 2.35 bits per heavy atom. The van der Waals surface area contributed by atoms with Crippen LogP contribution in [0.5, 0.6) is 0 Å². The minimum Gasteiger partial charge on any atom is -0.354 e. The second-order valence-electron chi connectivity index (χ2n) is 4.71. The standard InChI is InChI=1S/C12H14N4O/c1-2-8-6-14-17-12(8)11-9-7-13-4-3-10(9)15-16(11)5-1/h6,13H,1-5,7H2. The van der Waals surface area contributed by atoms with Gasteiger partial charge in [-0.2, -0.15) is 5.10 Å². The smallest absolute Gasteiger partial charge is 0.188 e. The van der Waals surface area contributed by atoms with E-state index < -0.39 is 0 Å². The Balaban J connectivity index is 1.98. The van der Waals surface area contributed by atoms with Gasteiger partial charge in [0.05, 0.1) is 11.9 Å². The van der Waals surface area contributed by atoms with Crippen molar-refractivity contribution >= 4 is 0 Å². The van der Waals surface area contributed by atoms with Gasteiger partial charge in [-0.05, 0) is 12.8 Å². The molecule has 0 fully saturated rings. The molecule has 2 aromatic heterocycles. The Hall–Kier alpha value is -1.62. The van der Waals surface area contributed by atoms with Crippen LogP contribution in [-0.4, -0.2) is 21.5 Å². The Bertz CT molecular complexity index is 569. The van der Waals surface area contributed by atoms with Crippen molar-refractivity contribution in [3.8, 4) is 11.5 Å². The molecule has 0 radical (unpaired) electrons. The number of hydrogen-bond donors (Lipinski definition) is 1. The van der Waals surface area contributed by atoms with Crippen molar-refractivity contribution in [3.63, 3.8) is 0 Å². The van der Waals surface area contributed by atoms with E-state index in [9.17, 15) is 0 Å². The summed E-state index contributed by atoms with van der Waals surface area (Å²) in [6.07, 6.45) is 5.00. The van der Waals surface area contributed by atoms with Crippen molar-refractivity contribution in [1.29, 1.82) is 0 Å². The van der Waals surface area contributed by atoms with E-state index in [2.05, 4.69) is 15.2 Å². The first kappa shape index (κ1) is 9.41. The number of rotatable bonds is 0. The summed E-state index contributed by atoms with van der Waals surface area (Å²) in [5.41, 5.74) is 4.90. The highest BCUT2D eigenvalue weighted by atomic mass is 16.5. The van der Waals surface area contributed by atoms with Crippen LogP contribution in [0.3, 0.4) is 0 Å². The molecule has 2 aromatic rings. The van der Waals surface area contributed by atoms with Gasteiger partial charge >= 0.3 is 0 Å². The van der Waals surface area contributed by atoms with E-state index in [0.29, 0.717) is 0 Å². The maximum atomic E-state index is 5.45. The van der Waals surface area contributed by atoms with Gasteiger partial charge in [-0.15, -0.1) is 0 Å². The molecule has 88 valence electrons. The van der Waals surface area contributed by atoms with E-state index in [-0.39, 0.29) is 0 Å². The fourth-order valence-electron chi connectivity index (χ4n) is 2.82. The molecule has 0 amide bonds. The van der Waals surface area contributed by atoms with Crippen LogP contribution in [0.1, 0.15) is 23.2 Å². The van der Waals surface area contributed by atoms with Crippen molar-refractivity contribution < 1.29 is 4.52 Å². The third kappa shape index (κ3) is 1.29. The summed E-state index contributed by atoms with van der Waals surface area (Å²) in [6.45, 7) is 2.89. The molecule has 17 heavy (non-hydrogen) atoms. The molecule has 0 saturated carbocycles.